The van der Waals surface area contributed by atoms with Crippen LogP contribution in [-0.4, -0.2) is 40.0 Å². The zero-order valence-corrected chi connectivity index (χ0v) is 29.7. The third-order valence-corrected chi connectivity index (χ3v) is 8.55. The van der Waals surface area contributed by atoms with Gasteiger partial charge < -0.3 is 24.8 Å². The number of hydrogen-bond donors (Lipinski definition) is 3. The van der Waals surface area contributed by atoms with E-state index in [0.29, 0.717) is 6.42 Å². The van der Waals surface area contributed by atoms with Crippen LogP contribution in [0.15, 0.2) is 24.5 Å². The summed E-state index contributed by atoms with van der Waals surface area (Å²) in [6, 6.07) is 0. The molecule has 0 aromatic rings. The minimum Gasteiger partial charge on any atom is -0.436 e. The third kappa shape index (κ3) is 29.8. The van der Waals surface area contributed by atoms with E-state index >= 15 is 0 Å². The Kier molecular flexibility index (Phi) is 32.9. The van der Waals surface area contributed by atoms with Crippen LogP contribution in [0.5, 0.6) is 0 Å². The van der Waals surface area contributed by atoms with E-state index in [0.717, 1.165) is 38.5 Å². The molecule has 0 aliphatic rings. The van der Waals surface area contributed by atoms with Crippen molar-refractivity contribution in [2.24, 2.45) is 0 Å². The van der Waals surface area contributed by atoms with Crippen molar-refractivity contribution in [2.45, 2.75) is 212 Å². The van der Waals surface area contributed by atoms with Crippen molar-refractivity contribution in [3.63, 3.8) is 0 Å². The van der Waals surface area contributed by atoms with Crippen LogP contribution < -0.4 is 0 Å². The van der Waals surface area contributed by atoms with Crippen LogP contribution in [0.25, 0.3) is 0 Å². The SMILES string of the molecule is CCCCCCCCCCCC=CCCCCC(=O)OC(O)(OC=CCCCCCCCCCCCCCCCC)C(O)CO. The number of aliphatic hydroxyl groups is 3. The molecule has 0 aliphatic carbocycles. The van der Waals surface area contributed by atoms with E-state index in [4.69, 9.17) is 9.47 Å². The number of rotatable bonds is 35. The van der Waals surface area contributed by atoms with Gasteiger partial charge in [0.15, 0.2) is 6.10 Å². The quantitative estimate of drug-likeness (QED) is 0.0210. The fourth-order valence-corrected chi connectivity index (χ4v) is 5.51. The number of allylic oxidation sites excluding steroid dienone is 3. The fraction of sp³-hybridized carbons (Fsp3) is 0.872. The molecule has 2 unspecified atom stereocenters. The zero-order valence-electron chi connectivity index (χ0n) is 29.7. The van der Waals surface area contributed by atoms with Gasteiger partial charge in [0.05, 0.1) is 12.9 Å². The van der Waals surface area contributed by atoms with Crippen molar-refractivity contribution in [3.8, 4) is 0 Å². The Balaban J connectivity index is 3.87. The van der Waals surface area contributed by atoms with Crippen LogP contribution in [0.3, 0.4) is 0 Å². The predicted molar refractivity (Wildman–Crippen MR) is 189 cm³/mol. The van der Waals surface area contributed by atoms with Gasteiger partial charge in [0.25, 0.3) is 0 Å². The van der Waals surface area contributed by atoms with Gasteiger partial charge in [-0.3, -0.25) is 4.79 Å². The summed E-state index contributed by atoms with van der Waals surface area (Å²) in [5.74, 6) is -3.25. The summed E-state index contributed by atoms with van der Waals surface area (Å²) in [5.41, 5.74) is 0. The van der Waals surface area contributed by atoms with E-state index < -0.39 is 24.7 Å². The summed E-state index contributed by atoms with van der Waals surface area (Å²) in [5, 5.41) is 29.9. The molecule has 6 nitrogen and oxygen atoms in total. The molecule has 0 amide bonds. The van der Waals surface area contributed by atoms with Crippen LogP contribution in [0.2, 0.25) is 0 Å². The molecule has 0 fully saturated rings. The number of esters is 1. The molecular formula is C39H74O6. The molecule has 0 heterocycles. The maximum atomic E-state index is 12.3. The molecule has 3 N–H and O–H groups in total. The molecule has 0 spiro atoms. The molecule has 2 atom stereocenters. The van der Waals surface area contributed by atoms with Gasteiger partial charge >= 0.3 is 11.9 Å². The second-order valence-electron chi connectivity index (χ2n) is 13.0. The van der Waals surface area contributed by atoms with Gasteiger partial charge in [-0.2, -0.15) is 0 Å². The average Bonchev–Trinajstić information content (AvgIpc) is 3.03. The Morgan fingerprint density at radius 3 is 1.33 bits per heavy atom. The van der Waals surface area contributed by atoms with Gasteiger partial charge in [-0.25, -0.2) is 0 Å². The molecule has 45 heavy (non-hydrogen) atoms. The van der Waals surface area contributed by atoms with E-state index in [-0.39, 0.29) is 6.42 Å². The van der Waals surface area contributed by atoms with Crippen LogP contribution in [0.4, 0.5) is 0 Å². The van der Waals surface area contributed by atoms with Crippen molar-refractivity contribution in [2.75, 3.05) is 6.61 Å². The van der Waals surface area contributed by atoms with Gasteiger partial charge in [-0.15, -0.1) is 0 Å². The Morgan fingerprint density at radius 2 is 0.933 bits per heavy atom. The molecule has 0 aromatic carbocycles. The lowest BCUT2D eigenvalue weighted by Gasteiger charge is -2.29. The van der Waals surface area contributed by atoms with E-state index in [2.05, 4.69) is 26.0 Å². The predicted octanol–water partition coefficient (Wildman–Crippen LogP) is 11.0. The molecule has 0 rings (SSSR count). The second kappa shape index (κ2) is 34.0. The molecule has 0 radical (unpaired) electrons. The highest BCUT2D eigenvalue weighted by Crippen LogP contribution is 2.19. The van der Waals surface area contributed by atoms with Crippen molar-refractivity contribution in [1.29, 1.82) is 0 Å². The van der Waals surface area contributed by atoms with Crippen molar-refractivity contribution in [1.82, 2.24) is 0 Å². The Hall–Kier alpha value is -1.37. The van der Waals surface area contributed by atoms with Crippen LogP contribution in [0, 0.1) is 0 Å². The largest absolute Gasteiger partial charge is 0.436 e. The first-order valence-corrected chi connectivity index (χ1v) is 19.2. The van der Waals surface area contributed by atoms with E-state index in [1.807, 2.05) is 0 Å². The molecule has 0 saturated heterocycles. The van der Waals surface area contributed by atoms with Gasteiger partial charge in [-0.1, -0.05) is 161 Å². The van der Waals surface area contributed by atoms with Crippen molar-refractivity contribution in [3.05, 3.63) is 24.5 Å². The molecular weight excluding hydrogens is 564 g/mol. The van der Waals surface area contributed by atoms with Gasteiger partial charge in [0, 0.05) is 6.42 Å². The van der Waals surface area contributed by atoms with Crippen LogP contribution in [-0.2, 0) is 14.3 Å². The number of ether oxygens (including phenoxy) is 2. The average molecular weight is 639 g/mol. The highest BCUT2D eigenvalue weighted by atomic mass is 16.8. The third-order valence-electron chi connectivity index (χ3n) is 8.55. The molecule has 0 aromatic heterocycles. The highest BCUT2D eigenvalue weighted by Gasteiger charge is 2.42. The smallest absolute Gasteiger partial charge is 0.400 e. The van der Waals surface area contributed by atoms with Crippen molar-refractivity contribution >= 4 is 5.97 Å². The summed E-state index contributed by atoms with van der Waals surface area (Å²) in [6.45, 7) is 3.73. The molecule has 0 aliphatic heterocycles. The fourth-order valence-electron chi connectivity index (χ4n) is 5.51. The summed E-state index contributed by atoms with van der Waals surface area (Å²) >= 11 is 0. The molecule has 0 bridgehead atoms. The van der Waals surface area contributed by atoms with Gasteiger partial charge in [-0.05, 0) is 51.0 Å². The number of unbranched alkanes of at least 4 members (excludes halogenated alkanes) is 25. The summed E-state index contributed by atoms with van der Waals surface area (Å²) in [7, 11) is 0. The number of hydrogen-bond acceptors (Lipinski definition) is 6. The normalized spacial score (nSPS) is 13.9. The lowest BCUT2D eigenvalue weighted by Crippen LogP contribution is -2.49. The molecule has 266 valence electrons. The lowest BCUT2D eigenvalue weighted by atomic mass is 10.0. The first-order valence-electron chi connectivity index (χ1n) is 19.2. The van der Waals surface area contributed by atoms with Crippen LogP contribution in [0.1, 0.15) is 200 Å². The summed E-state index contributed by atoms with van der Waals surface area (Å²) in [4.78, 5) is 12.3. The summed E-state index contributed by atoms with van der Waals surface area (Å²) in [6.07, 6.45) is 40.3. The standard InChI is InChI=1S/C39H74O6/c1-3-5-7-9-11-13-15-17-19-21-23-25-27-29-31-33-35-44-39(43,37(41)36-40)45-38(42)34-32-30-28-26-24-22-20-18-16-14-12-10-8-6-4-2/h24,26,33,35,37,40-41,43H,3-23,25,27-32,34,36H2,1-2H3. The van der Waals surface area contributed by atoms with E-state index in [1.54, 1.807) is 6.08 Å². The number of aliphatic hydroxyl groups excluding tert-OH is 2. The molecule has 0 saturated carbocycles. The highest BCUT2D eigenvalue weighted by molar-refractivity contribution is 5.69. The van der Waals surface area contributed by atoms with Gasteiger partial charge in [0.2, 0.25) is 0 Å². The maximum Gasteiger partial charge on any atom is 0.400 e. The maximum absolute atomic E-state index is 12.3. The Morgan fingerprint density at radius 1 is 0.578 bits per heavy atom. The number of carbonyl (C=O) groups is 1. The van der Waals surface area contributed by atoms with E-state index in [9.17, 15) is 20.1 Å². The zero-order chi connectivity index (χ0) is 33.1. The minimum atomic E-state index is -2.59. The Labute approximate surface area is 278 Å². The first-order chi connectivity index (χ1) is 22.0. The van der Waals surface area contributed by atoms with Crippen molar-refractivity contribution < 1.29 is 29.6 Å². The lowest BCUT2D eigenvalue weighted by molar-refractivity contribution is -0.362. The van der Waals surface area contributed by atoms with Gasteiger partial charge in [0.1, 0.15) is 0 Å². The topological polar surface area (TPSA) is 96.2 Å². The minimum absolute atomic E-state index is 0.110. The second-order valence-corrected chi connectivity index (χ2v) is 13.0. The van der Waals surface area contributed by atoms with E-state index in [1.165, 1.54) is 141 Å². The Bertz CT molecular complexity index is 678. The number of carbonyl (C=O) groups excluding carboxylic acids is 1. The first kappa shape index (κ1) is 43.6. The summed E-state index contributed by atoms with van der Waals surface area (Å²) < 4.78 is 10.3. The monoisotopic (exact) mass is 639 g/mol. The van der Waals surface area contributed by atoms with Crippen LogP contribution >= 0.6 is 0 Å². The molecule has 6 heteroatoms.